The Hall–Kier alpha value is -1.15. The van der Waals surface area contributed by atoms with Crippen molar-refractivity contribution >= 4 is 21.9 Å². The SMILES string of the molecule is CC(C)C[C@@H](NC(=O)[C@@H]1CCCN(S(C)(=O)=O)C1)C(=O)O. The molecule has 0 aromatic rings. The van der Waals surface area contributed by atoms with Gasteiger partial charge in [-0.15, -0.1) is 0 Å². The number of nitrogens with one attached hydrogen (secondary N) is 1. The van der Waals surface area contributed by atoms with Crippen molar-refractivity contribution in [1.29, 1.82) is 0 Å². The molecule has 0 bridgehead atoms. The van der Waals surface area contributed by atoms with Crippen LogP contribution in [-0.4, -0.2) is 55.1 Å². The maximum absolute atomic E-state index is 12.2. The molecule has 122 valence electrons. The average molecular weight is 320 g/mol. The van der Waals surface area contributed by atoms with E-state index in [1.54, 1.807) is 0 Å². The third-order valence-corrected chi connectivity index (χ3v) is 4.82. The van der Waals surface area contributed by atoms with E-state index < -0.39 is 28.0 Å². The molecule has 8 heteroatoms. The lowest BCUT2D eigenvalue weighted by Gasteiger charge is -2.31. The average Bonchev–Trinajstić information content (AvgIpc) is 2.36. The van der Waals surface area contributed by atoms with Crippen molar-refractivity contribution in [1.82, 2.24) is 9.62 Å². The standard InChI is InChI=1S/C13H24N2O5S/c1-9(2)7-11(13(17)18)14-12(16)10-5-4-6-15(8-10)21(3,19)20/h9-11H,4-8H2,1-3H3,(H,14,16)(H,17,18)/t10-,11-/m1/s1. The molecule has 1 heterocycles. The first-order valence-electron chi connectivity index (χ1n) is 7.09. The van der Waals surface area contributed by atoms with E-state index in [0.29, 0.717) is 25.8 Å². The Morgan fingerprint density at radius 1 is 1.38 bits per heavy atom. The van der Waals surface area contributed by atoms with Gasteiger partial charge in [-0.3, -0.25) is 4.79 Å². The number of sulfonamides is 1. The Bertz CT molecular complexity index is 489. The number of hydrogen-bond acceptors (Lipinski definition) is 4. The predicted octanol–water partition coefficient (Wildman–Crippen LogP) is 0.274. The minimum atomic E-state index is -3.32. The third-order valence-electron chi connectivity index (χ3n) is 3.55. The molecule has 0 unspecified atom stereocenters. The van der Waals surface area contributed by atoms with Crippen molar-refractivity contribution in [2.45, 2.75) is 39.2 Å². The van der Waals surface area contributed by atoms with E-state index in [1.807, 2.05) is 13.8 Å². The molecule has 1 aliphatic heterocycles. The smallest absolute Gasteiger partial charge is 0.326 e. The van der Waals surface area contributed by atoms with Gasteiger partial charge >= 0.3 is 5.97 Å². The van der Waals surface area contributed by atoms with Gasteiger partial charge in [0.05, 0.1) is 12.2 Å². The van der Waals surface area contributed by atoms with Crippen molar-refractivity contribution < 1.29 is 23.1 Å². The quantitative estimate of drug-likeness (QED) is 0.731. The maximum atomic E-state index is 12.2. The van der Waals surface area contributed by atoms with Gasteiger partial charge in [0.1, 0.15) is 6.04 Å². The van der Waals surface area contributed by atoms with Crippen LogP contribution in [0.4, 0.5) is 0 Å². The number of carboxylic acid groups (broad SMARTS) is 1. The number of aliphatic carboxylic acids is 1. The molecule has 0 aromatic carbocycles. The first-order chi connectivity index (χ1) is 9.61. The number of carbonyl (C=O) groups is 2. The molecule has 1 rings (SSSR count). The minimum Gasteiger partial charge on any atom is -0.480 e. The lowest BCUT2D eigenvalue weighted by atomic mass is 9.97. The van der Waals surface area contributed by atoms with Crippen LogP contribution in [0.1, 0.15) is 33.1 Å². The summed E-state index contributed by atoms with van der Waals surface area (Å²) in [4.78, 5) is 23.3. The molecule has 7 nitrogen and oxygen atoms in total. The second-order valence-electron chi connectivity index (χ2n) is 5.99. The Kier molecular flexibility index (Phi) is 6.15. The molecule has 2 atom stereocenters. The van der Waals surface area contributed by atoms with Crippen LogP contribution in [0, 0.1) is 11.8 Å². The molecular weight excluding hydrogens is 296 g/mol. The van der Waals surface area contributed by atoms with E-state index in [4.69, 9.17) is 5.11 Å². The molecule has 21 heavy (non-hydrogen) atoms. The first kappa shape index (κ1) is 17.9. The van der Waals surface area contributed by atoms with Gasteiger partial charge in [-0.2, -0.15) is 0 Å². The molecule has 1 aliphatic rings. The van der Waals surface area contributed by atoms with Crippen molar-refractivity contribution in [3.63, 3.8) is 0 Å². The van der Waals surface area contributed by atoms with E-state index in [-0.39, 0.29) is 18.4 Å². The summed E-state index contributed by atoms with van der Waals surface area (Å²) in [5.41, 5.74) is 0. The summed E-state index contributed by atoms with van der Waals surface area (Å²) in [6.07, 6.45) is 2.65. The summed E-state index contributed by atoms with van der Waals surface area (Å²) in [6.45, 7) is 4.30. The monoisotopic (exact) mass is 320 g/mol. The van der Waals surface area contributed by atoms with Gasteiger partial charge in [0, 0.05) is 13.1 Å². The van der Waals surface area contributed by atoms with Gasteiger partial charge in [0.25, 0.3) is 0 Å². The van der Waals surface area contributed by atoms with Crippen molar-refractivity contribution in [3.8, 4) is 0 Å². The summed E-state index contributed by atoms with van der Waals surface area (Å²) in [5.74, 6) is -1.78. The molecule has 0 aliphatic carbocycles. The highest BCUT2D eigenvalue weighted by atomic mass is 32.2. The third kappa shape index (κ3) is 5.62. The maximum Gasteiger partial charge on any atom is 0.326 e. The second-order valence-corrected chi connectivity index (χ2v) is 7.97. The summed E-state index contributed by atoms with van der Waals surface area (Å²) in [5, 5.41) is 11.7. The lowest BCUT2D eigenvalue weighted by Crippen LogP contribution is -2.49. The van der Waals surface area contributed by atoms with Crippen LogP contribution in [0.15, 0.2) is 0 Å². The van der Waals surface area contributed by atoms with E-state index in [9.17, 15) is 18.0 Å². The van der Waals surface area contributed by atoms with Gasteiger partial charge < -0.3 is 10.4 Å². The normalized spacial score (nSPS) is 22.0. The van der Waals surface area contributed by atoms with Crippen LogP contribution in [-0.2, 0) is 19.6 Å². The number of hydrogen-bond donors (Lipinski definition) is 2. The van der Waals surface area contributed by atoms with Gasteiger partial charge in [-0.25, -0.2) is 17.5 Å². The molecule has 0 radical (unpaired) electrons. The summed E-state index contributed by atoms with van der Waals surface area (Å²) in [7, 11) is -3.32. The first-order valence-corrected chi connectivity index (χ1v) is 8.94. The summed E-state index contributed by atoms with van der Waals surface area (Å²) in [6, 6.07) is -0.925. The Morgan fingerprint density at radius 2 is 2.00 bits per heavy atom. The van der Waals surface area contributed by atoms with E-state index >= 15 is 0 Å². The Balaban J connectivity index is 2.67. The van der Waals surface area contributed by atoms with Crippen LogP contribution in [0.3, 0.4) is 0 Å². The van der Waals surface area contributed by atoms with Gasteiger partial charge in [-0.05, 0) is 25.2 Å². The topological polar surface area (TPSA) is 104 Å². The second kappa shape index (κ2) is 7.22. The molecule has 2 N–H and O–H groups in total. The molecule has 0 aromatic heterocycles. The van der Waals surface area contributed by atoms with Gasteiger partial charge in [-0.1, -0.05) is 13.8 Å². The number of rotatable bonds is 6. The van der Waals surface area contributed by atoms with Crippen molar-refractivity contribution in [3.05, 3.63) is 0 Å². The number of amides is 1. The van der Waals surface area contributed by atoms with E-state index in [1.165, 1.54) is 4.31 Å². The highest BCUT2D eigenvalue weighted by Gasteiger charge is 2.32. The van der Waals surface area contributed by atoms with E-state index in [0.717, 1.165) is 6.26 Å². The molecule has 1 fully saturated rings. The molecule has 1 saturated heterocycles. The highest BCUT2D eigenvalue weighted by molar-refractivity contribution is 7.88. The fourth-order valence-electron chi connectivity index (χ4n) is 2.44. The Labute approximate surface area is 125 Å². The van der Waals surface area contributed by atoms with Crippen LogP contribution in [0.5, 0.6) is 0 Å². The largest absolute Gasteiger partial charge is 0.480 e. The van der Waals surface area contributed by atoms with Gasteiger partial charge in [0.15, 0.2) is 0 Å². The number of carbonyl (C=O) groups excluding carboxylic acids is 1. The fourth-order valence-corrected chi connectivity index (χ4v) is 3.35. The van der Waals surface area contributed by atoms with Crippen LogP contribution >= 0.6 is 0 Å². The van der Waals surface area contributed by atoms with E-state index in [2.05, 4.69) is 5.32 Å². The zero-order valence-corrected chi connectivity index (χ0v) is 13.5. The molecular formula is C13H24N2O5S. The molecule has 0 spiro atoms. The minimum absolute atomic E-state index is 0.124. The summed E-state index contributed by atoms with van der Waals surface area (Å²) < 4.78 is 24.3. The van der Waals surface area contributed by atoms with Crippen LogP contribution in [0.2, 0.25) is 0 Å². The number of nitrogens with zero attached hydrogens (tertiary/aromatic N) is 1. The molecule has 1 amide bonds. The zero-order chi connectivity index (χ0) is 16.2. The lowest BCUT2D eigenvalue weighted by molar-refractivity contribution is -0.143. The number of piperidine rings is 1. The Morgan fingerprint density at radius 3 is 2.48 bits per heavy atom. The number of carboxylic acids is 1. The van der Waals surface area contributed by atoms with Crippen LogP contribution in [0.25, 0.3) is 0 Å². The predicted molar refractivity (Wildman–Crippen MR) is 78.2 cm³/mol. The summed E-state index contributed by atoms with van der Waals surface area (Å²) >= 11 is 0. The molecule has 0 saturated carbocycles. The van der Waals surface area contributed by atoms with Gasteiger partial charge in [0.2, 0.25) is 15.9 Å². The highest BCUT2D eigenvalue weighted by Crippen LogP contribution is 2.19. The van der Waals surface area contributed by atoms with Crippen LogP contribution < -0.4 is 5.32 Å². The van der Waals surface area contributed by atoms with Crippen molar-refractivity contribution in [2.24, 2.45) is 11.8 Å². The zero-order valence-electron chi connectivity index (χ0n) is 12.7. The fraction of sp³-hybridized carbons (Fsp3) is 0.846. The van der Waals surface area contributed by atoms with Crippen molar-refractivity contribution in [2.75, 3.05) is 19.3 Å².